The van der Waals surface area contributed by atoms with Crippen molar-refractivity contribution in [3.8, 4) is 0 Å². The van der Waals surface area contributed by atoms with Gasteiger partial charge in [-0.25, -0.2) is 4.79 Å². The van der Waals surface area contributed by atoms with E-state index in [-0.39, 0.29) is 19.2 Å². The maximum atomic E-state index is 12.6. The molecule has 0 aliphatic carbocycles. The zero-order valence-electron chi connectivity index (χ0n) is 14.8. The Hall–Kier alpha value is -2.34. The molecule has 0 fully saturated rings. The summed E-state index contributed by atoms with van der Waals surface area (Å²) in [7, 11) is 1.80. The summed E-state index contributed by atoms with van der Waals surface area (Å²) in [4.78, 5) is 14.2. The fourth-order valence-electron chi connectivity index (χ4n) is 2.44. The highest BCUT2D eigenvalue weighted by Crippen LogP contribution is 2.18. The summed E-state index contributed by atoms with van der Waals surface area (Å²) in [6.07, 6.45) is 0. The largest absolute Gasteiger partial charge is 0.395 e. The number of urea groups is 1. The summed E-state index contributed by atoms with van der Waals surface area (Å²) in [6, 6.07) is 9.57. The average molecular weight is 330 g/mol. The van der Waals surface area contributed by atoms with Gasteiger partial charge in [-0.05, 0) is 24.0 Å². The Labute approximate surface area is 143 Å². The van der Waals surface area contributed by atoms with Crippen LogP contribution in [0.2, 0.25) is 0 Å². The van der Waals surface area contributed by atoms with Gasteiger partial charge in [-0.15, -0.1) is 0 Å². The Bertz CT molecular complexity index is 694. The van der Waals surface area contributed by atoms with Crippen molar-refractivity contribution >= 4 is 11.8 Å². The van der Waals surface area contributed by atoms with Crippen LogP contribution < -0.4 is 5.32 Å². The molecule has 0 aliphatic rings. The molecule has 1 aromatic carbocycles. The number of rotatable bonds is 6. The molecule has 0 bridgehead atoms. The lowest BCUT2D eigenvalue weighted by Gasteiger charge is -2.23. The predicted molar refractivity (Wildman–Crippen MR) is 95.0 cm³/mol. The first-order valence-electron chi connectivity index (χ1n) is 8.17. The fraction of sp³-hybridized carbons (Fsp3) is 0.444. The molecule has 2 rings (SSSR count). The van der Waals surface area contributed by atoms with E-state index in [1.807, 2.05) is 37.3 Å². The zero-order valence-corrected chi connectivity index (χ0v) is 14.8. The summed E-state index contributed by atoms with van der Waals surface area (Å²) in [5.41, 5.74) is 3.12. The van der Waals surface area contributed by atoms with Crippen molar-refractivity contribution in [3.05, 3.63) is 47.2 Å². The van der Waals surface area contributed by atoms with E-state index in [0.717, 1.165) is 16.8 Å². The fourth-order valence-corrected chi connectivity index (χ4v) is 2.44. The van der Waals surface area contributed by atoms with Crippen molar-refractivity contribution in [2.45, 2.75) is 33.2 Å². The number of carbonyl (C=O) groups is 1. The van der Waals surface area contributed by atoms with Crippen LogP contribution in [0, 0.1) is 6.92 Å². The van der Waals surface area contributed by atoms with Gasteiger partial charge in [-0.2, -0.15) is 5.10 Å². The maximum Gasteiger partial charge on any atom is 0.323 e. The lowest BCUT2D eigenvalue weighted by atomic mass is 10.1. The van der Waals surface area contributed by atoms with Gasteiger partial charge in [0.25, 0.3) is 0 Å². The summed E-state index contributed by atoms with van der Waals surface area (Å²) in [6.45, 7) is 6.78. The molecule has 0 saturated carbocycles. The first-order valence-corrected chi connectivity index (χ1v) is 8.17. The van der Waals surface area contributed by atoms with E-state index in [0.29, 0.717) is 18.3 Å². The second-order valence-corrected chi connectivity index (χ2v) is 6.23. The number of benzene rings is 1. The van der Waals surface area contributed by atoms with Gasteiger partial charge in [0.2, 0.25) is 0 Å². The van der Waals surface area contributed by atoms with E-state index in [1.165, 1.54) is 0 Å². The lowest BCUT2D eigenvalue weighted by Crippen LogP contribution is -2.37. The second kappa shape index (κ2) is 7.97. The normalized spacial score (nSPS) is 10.9. The molecule has 130 valence electrons. The van der Waals surface area contributed by atoms with E-state index in [9.17, 15) is 9.90 Å². The summed E-state index contributed by atoms with van der Waals surface area (Å²) < 4.78 is 1.66. The van der Waals surface area contributed by atoms with Crippen molar-refractivity contribution in [2.24, 2.45) is 7.05 Å². The van der Waals surface area contributed by atoms with Gasteiger partial charge in [-0.1, -0.05) is 38.1 Å². The number of nitrogens with one attached hydrogen (secondary N) is 1. The van der Waals surface area contributed by atoms with E-state index in [4.69, 9.17) is 0 Å². The number of aryl methyl sites for hydroxylation is 2. The minimum Gasteiger partial charge on any atom is -0.395 e. The quantitative estimate of drug-likeness (QED) is 0.855. The Morgan fingerprint density at radius 1 is 1.38 bits per heavy atom. The number of aliphatic hydroxyl groups is 1. The highest BCUT2D eigenvalue weighted by molar-refractivity contribution is 5.88. The van der Waals surface area contributed by atoms with Crippen LogP contribution in [0.15, 0.2) is 30.3 Å². The summed E-state index contributed by atoms with van der Waals surface area (Å²) in [5, 5.41) is 16.6. The van der Waals surface area contributed by atoms with Gasteiger partial charge in [0.1, 0.15) is 5.82 Å². The van der Waals surface area contributed by atoms with E-state index in [2.05, 4.69) is 24.3 Å². The summed E-state index contributed by atoms with van der Waals surface area (Å²) >= 11 is 0. The van der Waals surface area contributed by atoms with E-state index in [1.54, 1.807) is 16.6 Å². The third kappa shape index (κ3) is 4.35. The van der Waals surface area contributed by atoms with Gasteiger partial charge >= 0.3 is 6.03 Å². The number of aromatic nitrogens is 2. The monoisotopic (exact) mass is 330 g/mol. The molecule has 0 saturated heterocycles. The molecule has 6 nitrogen and oxygen atoms in total. The molecule has 2 aromatic rings. The molecule has 0 radical (unpaired) electrons. The highest BCUT2D eigenvalue weighted by atomic mass is 16.3. The van der Waals surface area contributed by atoms with Crippen LogP contribution in [0.4, 0.5) is 10.6 Å². The molecule has 0 spiro atoms. The highest BCUT2D eigenvalue weighted by Gasteiger charge is 2.17. The Balaban J connectivity index is 2.13. The minimum atomic E-state index is -0.245. The van der Waals surface area contributed by atoms with Gasteiger partial charge in [-0.3, -0.25) is 10.00 Å². The lowest BCUT2D eigenvalue weighted by molar-refractivity contribution is 0.185. The average Bonchev–Trinajstić information content (AvgIpc) is 2.90. The molecule has 0 aliphatic heterocycles. The maximum absolute atomic E-state index is 12.6. The molecule has 0 unspecified atom stereocenters. The molecule has 2 N–H and O–H groups in total. The van der Waals surface area contributed by atoms with Gasteiger partial charge in [0.15, 0.2) is 0 Å². The first-order chi connectivity index (χ1) is 11.4. The second-order valence-electron chi connectivity index (χ2n) is 6.23. The zero-order chi connectivity index (χ0) is 17.7. The predicted octanol–water partition coefficient (Wildman–Crippen LogP) is 2.88. The van der Waals surface area contributed by atoms with Crippen LogP contribution >= 0.6 is 0 Å². The molecule has 1 aromatic heterocycles. The SMILES string of the molecule is Cc1ccccc1CN(CCO)C(=O)Nc1cc(C(C)C)nn1C. The van der Waals surface area contributed by atoms with Gasteiger partial charge in [0, 0.05) is 26.2 Å². The molecule has 6 heteroatoms. The van der Waals surface area contributed by atoms with Crippen LogP contribution in [-0.2, 0) is 13.6 Å². The Kier molecular flexibility index (Phi) is 5.98. The number of anilines is 1. The Morgan fingerprint density at radius 3 is 2.67 bits per heavy atom. The van der Waals surface area contributed by atoms with E-state index < -0.39 is 0 Å². The van der Waals surface area contributed by atoms with Crippen molar-refractivity contribution < 1.29 is 9.90 Å². The molecule has 2 amide bonds. The van der Waals surface area contributed by atoms with Gasteiger partial charge < -0.3 is 10.0 Å². The number of amides is 2. The molecular weight excluding hydrogens is 304 g/mol. The molecule has 1 heterocycles. The van der Waals surface area contributed by atoms with Crippen LogP contribution in [0.1, 0.15) is 36.6 Å². The minimum absolute atomic E-state index is 0.0814. The first kappa shape index (κ1) is 18.0. The number of hydrogen-bond acceptors (Lipinski definition) is 3. The van der Waals surface area contributed by atoms with E-state index >= 15 is 0 Å². The number of carbonyl (C=O) groups excluding carboxylic acids is 1. The molecule has 24 heavy (non-hydrogen) atoms. The standard InChI is InChI=1S/C18H26N4O2/c1-13(2)16-11-17(21(4)20-16)19-18(24)22(9-10-23)12-15-8-6-5-7-14(15)3/h5-8,11,13,23H,9-10,12H2,1-4H3,(H,19,24). The number of hydrogen-bond donors (Lipinski definition) is 2. The summed E-state index contributed by atoms with van der Waals surface area (Å²) in [5.74, 6) is 0.943. The van der Waals surface area contributed by atoms with Crippen LogP contribution in [-0.4, -0.2) is 39.0 Å². The van der Waals surface area contributed by atoms with Crippen LogP contribution in [0.25, 0.3) is 0 Å². The smallest absolute Gasteiger partial charge is 0.323 e. The number of nitrogens with zero attached hydrogens (tertiary/aromatic N) is 3. The molecule has 0 atom stereocenters. The molecular formula is C18H26N4O2. The van der Waals surface area contributed by atoms with Crippen molar-refractivity contribution in [1.82, 2.24) is 14.7 Å². The van der Waals surface area contributed by atoms with Crippen molar-refractivity contribution in [2.75, 3.05) is 18.5 Å². The van der Waals surface area contributed by atoms with Crippen molar-refractivity contribution in [3.63, 3.8) is 0 Å². The topological polar surface area (TPSA) is 70.4 Å². The van der Waals surface area contributed by atoms with Crippen molar-refractivity contribution in [1.29, 1.82) is 0 Å². The van der Waals surface area contributed by atoms with Crippen LogP contribution in [0.3, 0.4) is 0 Å². The Morgan fingerprint density at radius 2 is 2.08 bits per heavy atom. The third-order valence-corrected chi connectivity index (χ3v) is 4.00. The van der Waals surface area contributed by atoms with Crippen LogP contribution in [0.5, 0.6) is 0 Å². The van der Waals surface area contributed by atoms with Gasteiger partial charge in [0.05, 0.1) is 12.3 Å². The third-order valence-electron chi connectivity index (χ3n) is 4.00. The number of aliphatic hydroxyl groups excluding tert-OH is 1.